The Bertz CT molecular complexity index is 1210. The molecule has 7 heteroatoms. The Kier molecular flexibility index (Phi) is 4.32. The largest absolute Gasteiger partial charge is 0.481 e. The molecule has 0 atom stereocenters. The van der Waals surface area contributed by atoms with Crippen LogP contribution in [0.15, 0.2) is 42.7 Å². The van der Waals surface area contributed by atoms with Crippen molar-refractivity contribution >= 4 is 22.2 Å². The van der Waals surface area contributed by atoms with E-state index in [1.807, 2.05) is 37.5 Å². The first-order valence-electron chi connectivity index (χ1n) is 9.73. The fraction of sp³-hybridized carbons (Fsp3) is 0.273. The number of benzene rings is 1. The topological polar surface area (TPSA) is 54.7 Å². The first kappa shape index (κ1) is 17.9. The number of aromatic nitrogens is 3. The summed E-state index contributed by atoms with van der Waals surface area (Å²) in [5, 5.41) is 4.42. The number of hydrogen-bond donors (Lipinski definition) is 1. The summed E-state index contributed by atoms with van der Waals surface area (Å²) in [4.78, 5) is 11.3. The van der Waals surface area contributed by atoms with Crippen LogP contribution in [-0.2, 0) is 0 Å². The molecule has 0 unspecified atom stereocenters. The smallest absolute Gasteiger partial charge is 0.213 e. The molecule has 1 aromatic carbocycles. The van der Waals surface area contributed by atoms with Gasteiger partial charge in [0, 0.05) is 66.8 Å². The van der Waals surface area contributed by atoms with E-state index in [4.69, 9.17) is 9.72 Å². The van der Waals surface area contributed by atoms with E-state index in [2.05, 4.69) is 21.3 Å². The van der Waals surface area contributed by atoms with E-state index >= 15 is 0 Å². The van der Waals surface area contributed by atoms with E-state index in [-0.39, 0.29) is 5.82 Å². The minimum atomic E-state index is -0.349. The van der Waals surface area contributed by atoms with Crippen molar-refractivity contribution in [3.05, 3.63) is 54.2 Å². The average Bonchev–Trinajstić information content (AvgIpc) is 3.14. The third kappa shape index (κ3) is 3.07. The molecule has 3 aromatic heterocycles. The molecule has 0 saturated carbocycles. The maximum atomic E-state index is 14.7. The van der Waals surface area contributed by atoms with Gasteiger partial charge in [0.1, 0.15) is 0 Å². The van der Waals surface area contributed by atoms with E-state index in [9.17, 15) is 4.39 Å². The number of ether oxygens (including phenoxy) is 1. The van der Waals surface area contributed by atoms with Crippen LogP contribution in [0, 0.1) is 12.7 Å². The number of nitrogens with zero attached hydrogens (tertiary/aromatic N) is 4. The number of hydrogen-bond acceptors (Lipinski definition) is 5. The normalized spacial score (nSPS) is 14.7. The zero-order valence-electron chi connectivity index (χ0n) is 16.4. The minimum absolute atomic E-state index is 0.332. The van der Waals surface area contributed by atoms with E-state index in [0.717, 1.165) is 59.6 Å². The van der Waals surface area contributed by atoms with Crippen molar-refractivity contribution in [2.24, 2.45) is 0 Å². The highest BCUT2D eigenvalue weighted by Gasteiger charge is 2.18. The number of aryl methyl sites for hydroxylation is 1. The fourth-order valence-corrected chi connectivity index (χ4v) is 4.04. The van der Waals surface area contributed by atoms with E-state index in [1.165, 1.54) is 6.07 Å². The van der Waals surface area contributed by atoms with Crippen molar-refractivity contribution in [2.75, 3.05) is 38.2 Å². The van der Waals surface area contributed by atoms with Crippen molar-refractivity contribution < 1.29 is 9.13 Å². The van der Waals surface area contributed by atoms with Gasteiger partial charge in [-0.25, -0.2) is 14.4 Å². The summed E-state index contributed by atoms with van der Waals surface area (Å²) in [7, 11) is 1.61. The third-order valence-electron chi connectivity index (χ3n) is 5.41. The maximum absolute atomic E-state index is 14.7. The zero-order chi connectivity index (χ0) is 20.0. The second kappa shape index (κ2) is 7.00. The fourth-order valence-electron chi connectivity index (χ4n) is 4.04. The number of pyridine rings is 2. The molecule has 5 rings (SSSR count). The van der Waals surface area contributed by atoms with Crippen molar-refractivity contribution in [1.82, 2.24) is 19.7 Å². The summed E-state index contributed by atoms with van der Waals surface area (Å²) in [5.41, 5.74) is 4.67. The maximum Gasteiger partial charge on any atom is 0.213 e. The molecule has 1 fully saturated rings. The van der Waals surface area contributed by atoms with Crippen molar-refractivity contribution in [2.45, 2.75) is 6.92 Å². The van der Waals surface area contributed by atoms with Gasteiger partial charge in [0.05, 0.1) is 18.3 Å². The number of nitrogens with one attached hydrogen (secondary N) is 1. The Morgan fingerprint density at radius 2 is 1.90 bits per heavy atom. The number of methoxy groups -OCH3 is 1. The molecule has 29 heavy (non-hydrogen) atoms. The lowest BCUT2D eigenvalue weighted by molar-refractivity contribution is 0.399. The second-order valence-corrected chi connectivity index (χ2v) is 7.31. The van der Waals surface area contributed by atoms with Gasteiger partial charge in [0.25, 0.3) is 0 Å². The van der Waals surface area contributed by atoms with Crippen molar-refractivity contribution in [3.63, 3.8) is 0 Å². The molecule has 0 amide bonds. The minimum Gasteiger partial charge on any atom is -0.481 e. The van der Waals surface area contributed by atoms with Gasteiger partial charge in [-0.2, -0.15) is 0 Å². The van der Waals surface area contributed by atoms with Crippen LogP contribution in [0.2, 0.25) is 0 Å². The molecule has 1 aliphatic heterocycles. The summed E-state index contributed by atoms with van der Waals surface area (Å²) in [6.07, 6.45) is 3.73. The van der Waals surface area contributed by atoms with Crippen LogP contribution >= 0.6 is 0 Å². The van der Waals surface area contributed by atoms with E-state index in [0.29, 0.717) is 11.5 Å². The molecule has 1 N–H and O–H groups in total. The molecule has 6 nitrogen and oxygen atoms in total. The van der Waals surface area contributed by atoms with Crippen LogP contribution in [0.1, 0.15) is 5.69 Å². The SMILES string of the molecule is COc1ccc2c(N3CCNCC3)ccc(-c3cc(F)c4nc(C)cn4c3)c2n1. The molecular formula is C22H22FN5O. The zero-order valence-corrected chi connectivity index (χ0v) is 16.4. The quantitative estimate of drug-likeness (QED) is 0.580. The molecule has 0 bridgehead atoms. The molecule has 0 radical (unpaired) electrons. The lowest BCUT2D eigenvalue weighted by Gasteiger charge is -2.30. The predicted octanol–water partition coefficient (Wildman–Crippen LogP) is 3.42. The predicted molar refractivity (Wildman–Crippen MR) is 112 cm³/mol. The highest BCUT2D eigenvalue weighted by molar-refractivity contribution is 6.01. The van der Waals surface area contributed by atoms with Crippen LogP contribution in [0.25, 0.3) is 27.7 Å². The highest BCUT2D eigenvalue weighted by Crippen LogP contribution is 2.36. The molecular weight excluding hydrogens is 369 g/mol. The summed E-state index contributed by atoms with van der Waals surface area (Å²) in [5.74, 6) is 0.189. The first-order chi connectivity index (χ1) is 14.1. The molecule has 0 spiro atoms. The molecule has 0 aliphatic carbocycles. The number of halogens is 1. The Morgan fingerprint density at radius 3 is 2.69 bits per heavy atom. The molecule has 1 saturated heterocycles. The molecule has 1 aliphatic rings. The standard InChI is InChI=1S/C22H22FN5O/c1-14-12-28-13-15(11-18(23)22(28)25-14)16-3-5-19(27-9-7-24-8-10-27)17-4-6-20(29-2)26-21(16)17/h3-6,11-13,24H,7-10H2,1-2H3. The number of piperazine rings is 1. The van der Waals surface area contributed by atoms with Gasteiger partial charge in [-0.3, -0.25) is 0 Å². The van der Waals surface area contributed by atoms with Crippen LogP contribution in [0.3, 0.4) is 0 Å². The van der Waals surface area contributed by atoms with Crippen LogP contribution in [0.5, 0.6) is 5.88 Å². The molecule has 4 heterocycles. The summed E-state index contributed by atoms with van der Waals surface area (Å²) in [6, 6.07) is 9.58. The summed E-state index contributed by atoms with van der Waals surface area (Å²) < 4.78 is 21.8. The Morgan fingerprint density at radius 1 is 1.07 bits per heavy atom. The van der Waals surface area contributed by atoms with Crippen LogP contribution in [-0.4, -0.2) is 47.7 Å². The van der Waals surface area contributed by atoms with Crippen LogP contribution in [0.4, 0.5) is 10.1 Å². The Balaban J connectivity index is 1.73. The highest BCUT2D eigenvalue weighted by atomic mass is 19.1. The number of fused-ring (bicyclic) bond motifs is 2. The van der Waals surface area contributed by atoms with Crippen LogP contribution < -0.4 is 15.0 Å². The molecule has 4 aromatic rings. The number of anilines is 1. The van der Waals surface area contributed by atoms with Gasteiger partial charge in [0.15, 0.2) is 11.5 Å². The van der Waals surface area contributed by atoms with Gasteiger partial charge in [0.2, 0.25) is 5.88 Å². The van der Waals surface area contributed by atoms with Crippen molar-refractivity contribution in [1.29, 1.82) is 0 Å². The monoisotopic (exact) mass is 391 g/mol. The Labute approximate surface area is 168 Å². The van der Waals surface area contributed by atoms with Gasteiger partial charge in [-0.1, -0.05) is 6.07 Å². The van der Waals surface area contributed by atoms with E-state index in [1.54, 1.807) is 11.5 Å². The van der Waals surface area contributed by atoms with Gasteiger partial charge in [-0.05, 0) is 25.1 Å². The van der Waals surface area contributed by atoms with Crippen molar-refractivity contribution in [3.8, 4) is 17.0 Å². The first-order valence-corrected chi connectivity index (χ1v) is 9.73. The lowest BCUT2D eigenvalue weighted by atomic mass is 10.0. The van der Waals surface area contributed by atoms with Gasteiger partial charge < -0.3 is 19.4 Å². The Hall–Kier alpha value is -3.19. The summed E-state index contributed by atoms with van der Waals surface area (Å²) >= 11 is 0. The van der Waals surface area contributed by atoms with Gasteiger partial charge in [-0.15, -0.1) is 0 Å². The van der Waals surface area contributed by atoms with E-state index < -0.39 is 0 Å². The number of rotatable bonds is 3. The second-order valence-electron chi connectivity index (χ2n) is 7.31. The number of imidazole rings is 1. The lowest BCUT2D eigenvalue weighted by Crippen LogP contribution is -2.43. The van der Waals surface area contributed by atoms with Gasteiger partial charge >= 0.3 is 0 Å². The summed E-state index contributed by atoms with van der Waals surface area (Å²) in [6.45, 7) is 5.64. The molecule has 148 valence electrons. The average molecular weight is 391 g/mol. The third-order valence-corrected chi connectivity index (χ3v) is 5.41.